The third-order valence-electron chi connectivity index (χ3n) is 3.35. The number of hydrogen-bond donors (Lipinski definition) is 2. The van der Waals surface area contributed by atoms with E-state index in [1.807, 2.05) is 0 Å². The summed E-state index contributed by atoms with van der Waals surface area (Å²) in [5, 5.41) is 11.8. The summed E-state index contributed by atoms with van der Waals surface area (Å²) in [6.45, 7) is 2.24. The molecule has 1 aliphatic heterocycles. The van der Waals surface area contributed by atoms with Gasteiger partial charge < -0.3 is 19.9 Å². The van der Waals surface area contributed by atoms with Crippen molar-refractivity contribution in [1.82, 2.24) is 5.32 Å². The Bertz CT molecular complexity index is 246. The molecule has 0 aromatic rings. The average Bonchev–Trinajstić information content (AvgIpc) is 3.08. The maximum atomic E-state index is 11.7. The standard InChI is InChI=1S/C11H19NO4/c13-4-3-11(1-2-11)8-12-10(14)9-7-15-5-6-16-9/h9,13H,1-8H2,(H,12,14). The van der Waals surface area contributed by atoms with E-state index in [4.69, 9.17) is 14.6 Å². The largest absolute Gasteiger partial charge is 0.396 e. The first-order valence-electron chi connectivity index (χ1n) is 5.84. The van der Waals surface area contributed by atoms with Gasteiger partial charge in [0.2, 0.25) is 0 Å². The summed E-state index contributed by atoms with van der Waals surface area (Å²) < 4.78 is 10.5. The molecular formula is C11H19NO4. The molecule has 1 atom stereocenters. The van der Waals surface area contributed by atoms with Crippen molar-refractivity contribution < 1.29 is 19.4 Å². The highest BCUT2D eigenvalue weighted by Gasteiger charge is 2.42. The molecule has 1 saturated heterocycles. The predicted molar refractivity (Wildman–Crippen MR) is 56.9 cm³/mol. The van der Waals surface area contributed by atoms with Crippen LogP contribution >= 0.6 is 0 Å². The maximum Gasteiger partial charge on any atom is 0.251 e. The van der Waals surface area contributed by atoms with Crippen LogP contribution in [0, 0.1) is 5.41 Å². The third kappa shape index (κ3) is 2.93. The van der Waals surface area contributed by atoms with Crippen LogP contribution < -0.4 is 5.32 Å². The van der Waals surface area contributed by atoms with Crippen molar-refractivity contribution in [3.63, 3.8) is 0 Å². The molecule has 1 heterocycles. The van der Waals surface area contributed by atoms with Gasteiger partial charge in [0.25, 0.3) is 5.91 Å². The van der Waals surface area contributed by atoms with Crippen molar-refractivity contribution in [2.45, 2.75) is 25.4 Å². The molecule has 1 unspecified atom stereocenters. The van der Waals surface area contributed by atoms with Crippen LogP contribution in [-0.2, 0) is 14.3 Å². The molecule has 0 spiro atoms. The number of ether oxygens (including phenoxy) is 2. The SMILES string of the molecule is O=C(NCC1(CCO)CC1)C1COCCO1. The summed E-state index contributed by atoms with van der Waals surface area (Å²) in [6.07, 6.45) is 2.50. The van der Waals surface area contributed by atoms with Gasteiger partial charge in [-0.25, -0.2) is 0 Å². The van der Waals surface area contributed by atoms with E-state index in [1.54, 1.807) is 0 Å². The topological polar surface area (TPSA) is 67.8 Å². The Hall–Kier alpha value is -0.650. The number of rotatable bonds is 5. The number of aliphatic hydroxyl groups is 1. The summed E-state index contributed by atoms with van der Waals surface area (Å²) in [6, 6.07) is 0. The molecule has 2 N–H and O–H groups in total. The van der Waals surface area contributed by atoms with E-state index < -0.39 is 6.10 Å². The van der Waals surface area contributed by atoms with Crippen LogP contribution in [0.1, 0.15) is 19.3 Å². The van der Waals surface area contributed by atoms with Crippen molar-refractivity contribution in [3.8, 4) is 0 Å². The molecule has 5 heteroatoms. The van der Waals surface area contributed by atoms with Crippen molar-refractivity contribution in [1.29, 1.82) is 0 Å². The van der Waals surface area contributed by atoms with Gasteiger partial charge in [-0.3, -0.25) is 4.79 Å². The zero-order valence-corrected chi connectivity index (χ0v) is 9.41. The molecular weight excluding hydrogens is 210 g/mol. The third-order valence-corrected chi connectivity index (χ3v) is 3.35. The molecule has 1 amide bonds. The predicted octanol–water partition coefficient (Wildman–Crippen LogP) is -0.319. The molecule has 0 bridgehead atoms. The lowest BCUT2D eigenvalue weighted by atomic mass is 10.0. The zero-order valence-electron chi connectivity index (χ0n) is 9.41. The fourth-order valence-electron chi connectivity index (χ4n) is 1.96. The first kappa shape index (κ1) is 11.8. The van der Waals surface area contributed by atoms with Crippen LogP contribution in [0.25, 0.3) is 0 Å². The van der Waals surface area contributed by atoms with Crippen LogP contribution in [0.2, 0.25) is 0 Å². The lowest BCUT2D eigenvalue weighted by molar-refractivity contribution is -0.147. The van der Waals surface area contributed by atoms with Gasteiger partial charge in [0.15, 0.2) is 6.10 Å². The molecule has 2 rings (SSSR count). The van der Waals surface area contributed by atoms with Crippen molar-refractivity contribution in [2.75, 3.05) is 33.0 Å². The van der Waals surface area contributed by atoms with Gasteiger partial charge in [-0.2, -0.15) is 0 Å². The Morgan fingerprint density at radius 3 is 2.81 bits per heavy atom. The van der Waals surface area contributed by atoms with Gasteiger partial charge in [0, 0.05) is 13.2 Å². The summed E-state index contributed by atoms with van der Waals surface area (Å²) in [5.74, 6) is -0.0936. The molecule has 92 valence electrons. The van der Waals surface area contributed by atoms with E-state index in [0.717, 1.165) is 19.3 Å². The van der Waals surface area contributed by atoms with Crippen LogP contribution in [-0.4, -0.2) is 50.1 Å². The molecule has 2 aliphatic rings. The first-order valence-corrected chi connectivity index (χ1v) is 5.84. The fourth-order valence-corrected chi connectivity index (χ4v) is 1.96. The molecule has 0 radical (unpaired) electrons. The molecule has 2 fully saturated rings. The lowest BCUT2D eigenvalue weighted by Crippen LogP contribution is -2.44. The number of amides is 1. The second-order valence-electron chi connectivity index (χ2n) is 4.63. The lowest BCUT2D eigenvalue weighted by Gasteiger charge is -2.23. The number of carbonyl (C=O) groups is 1. The Morgan fingerprint density at radius 2 is 2.25 bits per heavy atom. The minimum Gasteiger partial charge on any atom is -0.396 e. The van der Waals surface area contributed by atoms with Crippen LogP contribution in [0.4, 0.5) is 0 Å². The normalized spacial score (nSPS) is 27.4. The number of aliphatic hydroxyl groups excluding tert-OH is 1. The molecule has 0 aromatic carbocycles. The Morgan fingerprint density at radius 1 is 1.44 bits per heavy atom. The second-order valence-corrected chi connectivity index (χ2v) is 4.63. The van der Waals surface area contributed by atoms with Crippen LogP contribution in [0.5, 0.6) is 0 Å². The van der Waals surface area contributed by atoms with Gasteiger partial charge in [0.05, 0.1) is 19.8 Å². The first-order chi connectivity index (χ1) is 7.76. The van der Waals surface area contributed by atoms with Gasteiger partial charge in [-0.05, 0) is 24.7 Å². The number of nitrogens with one attached hydrogen (secondary N) is 1. The van der Waals surface area contributed by atoms with E-state index in [1.165, 1.54) is 0 Å². The van der Waals surface area contributed by atoms with Gasteiger partial charge in [-0.15, -0.1) is 0 Å². The van der Waals surface area contributed by atoms with Gasteiger partial charge in [0.1, 0.15) is 0 Å². The highest BCUT2D eigenvalue weighted by atomic mass is 16.6. The van der Waals surface area contributed by atoms with Crippen LogP contribution in [0.3, 0.4) is 0 Å². The molecule has 0 aromatic heterocycles. The summed E-state index contributed by atoms with van der Waals surface area (Å²) in [4.78, 5) is 11.7. The Balaban J connectivity index is 1.70. The Kier molecular flexibility index (Phi) is 3.78. The summed E-state index contributed by atoms with van der Waals surface area (Å²) in [5.41, 5.74) is 0.153. The Labute approximate surface area is 95.1 Å². The van der Waals surface area contributed by atoms with Crippen molar-refractivity contribution >= 4 is 5.91 Å². The van der Waals surface area contributed by atoms with E-state index in [2.05, 4.69) is 5.32 Å². The molecule has 16 heavy (non-hydrogen) atoms. The van der Waals surface area contributed by atoms with E-state index in [0.29, 0.717) is 26.4 Å². The summed E-state index contributed by atoms with van der Waals surface area (Å²) in [7, 11) is 0. The summed E-state index contributed by atoms with van der Waals surface area (Å²) >= 11 is 0. The second kappa shape index (κ2) is 5.12. The minimum atomic E-state index is -0.460. The van der Waals surface area contributed by atoms with E-state index in [-0.39, 0.29) is 17.9 Å². The van der Waals surface area contributed by atoms with Crippen molar-refractivity contribution in [2.24, 2.45) is 5.41 Å². The fraction of sp³-hybridized carbons (Fsp3) is 0.909. The highest BCUT2D eigenvalue weighted by Crippen LogP contribution is 2.47. The molecule has 1 aliphatic carbocycles. The number of carbonyl (C=O) groups excluding carboxylic acids is 1. The van der Waals surface area contributed by atoms with Crippen molar-refractivity contribution in [3.05, 3.63) is 0 Å². The number of hydrogen-bond acceptors (Lipinski definition) is 4. The van der Waals surface area contributed by atoms with Gasteiger partial charge in [-0.1, -0.05) is 0 Å². The quantitative estimate of drug-likeness (QED) is 0.678. The van der Waals surface area contributed by atoms with Gasteiger partial charge >= 0.3 is 0 Å². The van der Waals surface area contributed by atoms with E-state index >= 15 is 0 Å². The minimum absolute atomic E-state index is 0.0936. The zero-order chi connectivity index (χ0) is 11.4. The molecule has 5 nitrogen and oxygen atoms in total. The van der Waals surface area contributed by atoms with E-state index in [9.17, 15) is 4.79 Å². The monoisotopic (exact) mass is 229 g/mol. The maximum absolute atomic E-state index is 11.7. The highest BCUT2D eigenvalue weighted by molar-refractivity contribution is 5.81. The smallest absolute Gasteiger partial charge is 0.251 e. The molecule has 1 saturated carbocycles. The average molecular weight is 229 g/mol. The van der Waals surface area contributed by atoms with Crippen LogP contribution in [0.15, 0.2) is 0 Å².